The number of hydrogen-bond acceptors (Lipinski definition) is 9. The van der Waals surface area contributed by atoms with Crippen molar-refractivity contribution in [3.63, 3.8) is 0 Å². The summed E-state index contributed by atoms with van der Waals surface area (Å²) in [5.41, 5.74) is 0.280. The summed E-state index contributed by atoms with van der Waals surface area (Å²) in [6.45, 7) is 3.56. The van der Waals surface area contributed by atoms with Crippen molar-refractivity contribution in [2.75, 3.05) is 13.2 Å². The van der Waals surface area contributed by atoms with E-state index in [0.29, 0.717) is 12.0 Å². The normalized spacial score (nSPS) is 14.2. The highest BCUT2D eigenvalue weighted by Crippen LogP contribution is 2.38. The van der Waals surface area contributed by atoms with Crippen LogP contribution >= 0.6 is 0 Å². The van der Waals surface area contributed by atoms with Gasteiger partial charge in [-0.25, -0.2) is 19.0 Å². The van der Waals surface area contributed by atoms with Gasteiger partial charge in [0.05, 0.1) is 26.3 Å². The molecule has 0 unspecified atom stereocenters. The lowest BCUT2D eigenvalue weighted by atomic mass is 10.0. The minimum absolute atomic E-state index is 0.00352. The molecule has 0 spiro atoms. The SMILES string of the molecule is CCOC(=O)c1c(O)c2ncc(Cc3ccc(F)cc3)c3c2n(c1=O)C[C@@H](Cn1ccnc1C(=O)OCC)O3. The summed E-state index contributed by atoms with van der Waals surface area (Å²) < 4.78 is 32.8. The first-order valence-electron chi connectivity index (χ1n) is 12.4. The molecule has 5 rings (SSSR count). The van der Waals surface area contributed by atoms with Crippen LogP contribution in [0.15, 0.2) is 47.7 Å². The molecule has 1 N–H and O–H groups in total. The molecule has 0 fully saturated rings. The molecular formula is C27H25FN4O7. The summed E-state index contributed by atoms with van der Waals surface area (Å²) in [6.07, 6.45) is 4.13. The van der Waals surface area contributed by atoms with E-state index in [2.05, 4.69) is 9.97 Å². The van der Waals surface area contributed by atoms with Crippen LogP contribution in [0.2, 0.25) is 0 Å². The van der Waals surface area contributed by atoms with E-state index in [4.69, 9.17) is 14.2 Å². The monoisotopic (exact) mass is 536 g/mol. The molecule has 3 aromatic heterocycles. The second-order valence-corrected chi connectivity index (χ2v) is 8.84. The van der Waals surface area contributed by atoms with Crippen LogP contribution in [0, 0.1) is 5.82 Å². The summed E-state index contributed by atoms with van der Waals surface area (Å²) >= 11 is 0. The number of esters is 2. The number of aromatic hydroxyl groups is 1. The van der Waals surface area contributed by atoms with Crippen molar-refractivity contribution < 1.29 is 33.3 Å². The highest BCUT2D eigenvalue weighted by Gasteiger charge is 2.33. The number of imidazole rings is 1. The second-order valence-electron chi connectivity index (χ2n) is 8.84. The van der Waals surface area contributed by atoms with Crippen molar-refractivity contribution in [3.8, 4) is 11.5 Å². The van der Waals surface area contributed by atoms with Crippen LogP contribution in [0.4, 0.5) is 4.39 Å². The van der Waals surface area contributed by atoms with Gasteiger partial charge in [0.2, 0.25) is 5.82 Å². The standard InChI is InChI=1S/C27H25FN4O7/c1-3-37-26(35)19-22(33)20-21-23(16(12-30-20)11-15-5-7-17(28)8-6-15)39-18(14-32(21)25(19)34)13-31-10-9-29-24(31)27(36)38-4-2/h5-10,12,18,33H,3-4,11,13-14H2,1-2H3/t18-/m1/s1. The molecular weight excluding hydrogens is 511 g/mol. The van der Waals surface area contributed by atoms with E-state index < -0.39 is 34.9 Å². The molecule has 1 aliphatic heterocycles. The predicted octanol–water partition coefficient (Wildman–Crippen LogP) is 2.84. The predicted molar refractivity (Wildman–Crippen MR) is 135 cm³/mol. The Bertz CT molecular complexity index is 1630. The van der Waals surface area contributed by atoms with Gasteiger partial charge in [0, 0.05) is 30.6 Å². The minimum Gasteiger partial charge on any atom is -0.505 e. The molecule has 11 nitrogen and oxygen atoms in total. The van der Waals surface area contributed by atoms with Crippen molar-refractivity contribution >= 4 is 23.0 Å². The summed E-state index contributed by atoms with van der Waals surface area (Å²) in [4.78, 5) is 46.9. The van der Waals surface area contributed by atoms with E-state index >= 15 is 0 Å². The number of carbonyl (C=O) groups excluding carboxylic acids is 2. The first-order valence-corrected chi connectivity index (χ1v) is 12.4. The third kappa shape index (κ3) is 4.80. The molecule has 39 heavy (non-hydrogen) atoms. The highest BCUT2D eigenvalue weighted by molar-refractivity contribution is 6.00. The number of benzene rings is 1. The molecule has 0 bridgehead atoms. The fourth-order valence-electron chi connectivity index (χ4n) is 4.61. The smallest absolute Gasteiger partial charge is 0.374 e. The fourth-order valence-corrected chi connectivity index (χ4v) is 4.61. The molecule has 0 saturated heterocycles. The number of aromatic nitrogens is 4. The highest BCUT2D eigenvalue weighted by atomic mass is 19.1. The summed E-state index contributed by atoms with van der Waals surface area (Å²) in [6, 6.07) is 5.92. The van der Waals surface area contributed by atoms with E-state index in [0.717, 1.165) is 5.56 Å². The Hall–Kier alpha value is -4.74. The molecule has 0 saturated carbocycles. The Labute approximate surface area is 221 Å². The molecule has 202 valence electrons. The summed E-state index contributed by atoms with van der Waals surface area (Å²) in [5, 5.41) is 10.9. The van der Waals surface area contributed by atoms with E-state index in [-0.39, 0.29) is 54.7 Å². The van der Waals surface area contributed by atoms with Crippen LogP contribution in [-0.2, 0) is 29.0 Å². The summed E-state index contributed by atoms with van der Waals surface area (Å²) in [7, 11) is 0. The van der Waals surface area contributed by atoms with Gasteiger partial charge in [-0.1, -0.05) is 12.1 Å². The molecule has 12 heteroatoms. The molecule has 0 aliphatic carbocycles. The third-order valence-corrected chi connectivity index (χ3v) is 6.30. The zero-order valence-corrected chi connectivity index (χ0v) is 21.2. The average molecular weight is 537 g/mol. The number of rotatable bonds is 8. The van der Waals surface area contributed by atoms with Crippen LogP contribution in [0.25, 0.3) is 11.0 Å². The molecule has 4 heterocycles. The minimum atomic E-state index is -0.966. The Morgan fingerprint density at radius 2 is 1.85 bits per heavy atom. The number of hydrogen-bond donors (Lipinski definition) is 1. The lowest BCUT2D eigenvalue weighted by Crippen LogP contribution is -2.39. The molecule has 4 aromatic rings. The topological polar surface area (TPSA) is 135 Å². The van der Waals surface area contributed by atoms with Crippen molar-refractivity contribution in [1.82, 2.24) is 19.1 Å². The molecule has 0 amide bonds. The van der Waals surface area contributed by atoms with Gasteiger partial charge in [-0.15, -0.1) is 0 Å². The van der Waals surface area contributed by atoms with Crippen molar-refractivity contribution in [3.05, 3.63) is 81.5 Å². The zero-order chi connectivity index (χ0) is 27.7. The Balaban J connectivity index is 1.63. The lowest BCUT2D eigenvalue weighted by molar-refractivity contribution is 0.0494. The Kier molecular flexibility index (Phi) is 7.01. The van der Waals surface area contributed by atoms with E-state index in [1.165, 1.54) is 29.1 Å². The van der Waals surface area contributed by atoms with Crippen LogP contribution in [0.1, 0.15) is 46.0 Å². The Morgan fingerprint density at radius 3 is 2.56 bits per heavy atom. The maximum absolute atomic E-state index is 13.5. The first kappa shape index (κ1) is 25.9. The maximum atomic E-state index is 13.5. The maximum Gasteiger partial charge on any atom is 0.374 e. The van der Waals surface area contributed by atoms with Crippen LogP contribution in [0.5, 0.6) is 11.5 Å². The fraction of sp³-hybridized carbons (Fsp3) is 0.296. The molecule has 0 radical (unpaired) electrons. The molecule has 1 aliphatic rings. The molecule has 1 aromatic carbocycles. The third-order valence-electron chi connectivity index (χ3n) is 6.30. The first-order chi connectivity index (χ1) is 18.8. The van der Waals surface area contributed by atoms with Gasteiger partial charge in [0.15, 0.2) is 17.1 Å². The molecule has 1 atom stereocenters. The Morgan fingerprint density at radius 1 is 1.13 bits per heavy atom. The van der Waals surface area contributed by atoms with Gasteiger partial charge >= 0.3 is 11.9 Å². The van der Waals surface area contributed by atoms with Crippen LogP contribution in [-0.4, -0.2) is 55.5 Å². The van der Waals surface area contributed by atoms with Gasteiger partial charge < -0.3 is 23.9 Å². The van der Waals surface area contributed by atoms with E-state index in [1.54, 1.807) is 36.7 Å². The van der Waals surface area contributed by atoms with Crippen LogP contribution in [0.3, 0.4) is 0 Å². The quantitative estimate of drug-likeness (QED) is 0.337. The lowest BCUT2D eigenvalue weighted by Gasteiger charge is -2.30. The van der Waals surface area contributed by atoms with Gasteiger partial charge in [-0.3, -0.25) is 14.3 Å². The van der Waals surface area contributed by atoms with Gasteiger partial charge in [0.1, 0.15) is 23.0 Å². The van der Waals surface area contributed by atoms with Gasteiger partial charge in [-0.2, -0.15) is 0 Å². The van der Waals surface area contributed by atoms with Crippen LogP contribution < -0.4 is 10.3 Å². The van der Waals surface area contributed by atoms with Crippen molar-refractivity contribution in [2.45, 2.75) is 39.5 Å². The number of ether oxygens (including phenoxy) is 3. The average Bonchev–Trinajstić information content (AvgIpc) is 3.37. The van der Waals surface area contributed by atoms with Crippen molar-refractivity contribution in [2.24, 2.45) is 0 Å². The van der Waals surface area contributed by atoms with Gasteiger partial charge in [0.25, 0.3) is 5.56 Å². The second kappa shape index (κ2) is 10.6. The number of halogens is 1. The number of nitrogens with zero attached hydrogens (tertiary/aromatic N) is 4. The van der Waals surface area contributed by atoms with E-state index in [9.17, 15) is 23.9 Å². The summed E-state index contributed by atoms with van der Waals surface area (Å²) in [5.74, 6) is -2.19. The van der Waals surface area contributed by atoms with E-state index in [1.807, 2.05) is 0 Å². The van der Waals surface area contributed by atoms with Crippen molar-refractivity contribution in [1.29, 1.82) is 0 Å². The largest absolute Gasteiger partial charge is 0.505 e. The number of pyridine rings is 2. The van der Waals surface area contributed by atoms with Gasteiger partial charge in [-0.05, 0) is 31.5 Å². The number of carbonyl (C=O) groups is 2. The zero-order valence-electron chi connectivity index (χ0n) is 21.2.